The number of hydrogen-bond acceptors (Lipinski definition) is 2. The summed E-state index contributed by atoms with van der Waals surface area (Å²) < 4.78 is 5.24. The van der Waals surface area contributed by atoms with E-state index < -0.39 is 0 Å². The van der Waals surface area contributed by atoms with Crippen LogP contribution in [0.1, 0.15) is 26.2 Å². The van der Waals surface area contributed by atoms with E-state index >= 15 is 0 Å². The average Bonchev–Trinajstić information content (AvgIpc) is 3.03. The third-order valence-corrected chi connectivity index (χ3v) is 3.07. The molecule has 3 aliphatic rings. The van der Waals surface area contributed by atoms with E-state index in [0.29, 0.717) is 0 Å². The fraction of sp³-hybridized carbons (Fsp3) is 0.312. The summed E-state index contributed by atoms with van der Waals surface area (Å²) in [5.74, 6) is 2.37. The second-order valence-corrected chi connectivity index (χ2v) is 4.46. The number of ether oxygens (including phenoxy) is 1. The zero-order valence-corrected chi connectivity index (χ0v) is 12.1. The zero-order chi connectivity index (χ0) is 12.8. The molecular formula is C16H18FeO2+2. The molecule has 0 bridgehead atoms. The van der Waals surface area contributed by atoms with Crippen molar-refractivity contribution in [2.75, 3.05) is 0 Å². The number of esters is 1. The summed E-state index contributed by atoms with van der Waals surface area (Å²) in [6.07, 6.45) is 19.4. The molecule has 0 heterocycles. The van der Waals surface area contributed by atoms with Gasteiger partial charge in [0.25, 0.3) is 0 Å². The topological polar surface area (TPSA) is 26.3 Å². The van der Waals surface area contributed by atoms with Gasteiger partial charge in [-0.05, 0) is 76.5 Å². The molecule has 0 saturated heterocycles. The summed E-state index contributed by atoms with van der Waals surface area (Å²) >= 11 is 0. The van der Waals surface area contributed by atoms with E-state index in [1.807, 2.05) is 38.5 Å². The Morgan fingerprint density at radius 1 is 1.11 bits per heavy atom. The van der Waals surface area contributed by atoms with E-state index in [2.05, 4.69) is 12.8 Å². The first kappa shape index (κ1) is 17.0. The summed E-state index contributed by atoms with van der Waals surface area (Å²) in [7, 11) is 0. The first-order valence-corrected chi connectivity index (χ1v) is 6.36. The van der Waals surface area contributed by atoms with Crippen LogP contribution in [0.2, 0.25) is 0 Å². The molecule has 10 radical (unpaired) electrons. The van der Waals surface area contributed by atoms with Gasteiger partial charge in [-0.15, -0.1) is 0 Å². The van der Waals surface area contributed by atoms with Gasteiger partial charge in [0, 0.05) is 12.8 Å². The Morgan fingerprint density at radius 2 is 1.74 bits per heavy atom. The van der Waals surface area contributed by atoms with Gasteiger partial charge < -0.3 is 4.74 Å². The van der Waals surface area contributed by atoms with Crippen LogP contribution in [0.25, 0.3) is 0 Å². The van der Waals surface area contributed by atoms with Gasteiger partial charge in [0.2, 0.25) is 0 Å². The molecule has 19 heavy (non-hydrogen) atoms. The molecule has 3 aliphatic carbocycles. The minimum atomic E-state index is -0.181. The summed E-state index contributed by atoms with van der Waals surface area (Å²) in [5.41, 5.74) is 0. The van der Waals surface area contributed by atoms with Crippen LogP contribution in [0.15, 0.2) is 0 Å². The van der Waals surface area contributed by atoms with Crippen LogP contribution in [-0.2, 0) is 26.6 Å². The molecule has 0 aromatic rings. The van der Waals surface area contributed by atoms with Crippen LogP contribution < -0.4 is 0 Å². The van der Waals surface area contributed by atoms with Gasteiger partial charge in [0.05, 0.1) is 0 Å². The van der Waals surface area contributed by atoms with Gasteiger partial charge in [-0.3, -0.25) is 4.79 Å². The molecule has 100 valence electrons. The van der Waals surface area contributed by atoms with Gasteiger partial charge in [-0.25, -0.2) is 0 Å². The first-order chi connectivity index (χ1) is 8.77. The summed E-state index contributed by atoms with van der Waals surface area (Å²) in [6, 6.07) is 0. The van der Waals surface area contributed by atoms with Crippen molar-refractivity contribution < 1.29 is 26.6 Å². The smallest absolute Gasteiger partial charge is 0.462 e. The van der Waals surface area contributed by atoms with E-state index in [1.54, 1.807) is 0 Å². The van der Waals surface area contributed by atoms with E-state index in [9.17, 15) is 4.79 Å². The molecule has 3 rings (SSSR count). The van der Waals surface area contributed by atoms with Crippen molar-refractivity contribution in [1.82, 2.24) is 0 Å². The monoisotopic (exact) mass is 298 g/mol. The molecule has 3 fully saturated rings. The minimum absolute atomic E-state index is 0. The molecule has 0 aromatic heterocycles. The maximum Gasteiger partial charge on any atom is 2.00 e. The summed E-state index contributed by atoms with van der Waals surface area (Å²) in [6.45, 7) is 1.47. The molecule has 2 nitrogen and oxygen atoms in total. The quantitative estimate of drug-likeness (QED) is 0.549. The SMILES string of the molecule is CC(=O)OC1CCC[C]2[CH][CH][CH][C]21.[CH]1[CH][CH][CH][CH]1.[Fe+2]. The van der Waals surface area contributed by atoms with Gasteiger partial charge in [0.15, 0.2) is 0 Å². The molecular weight excluding hydrogens is 280 g/mol. The summed E-state index contributed by atoms with van der Waals surface area (Å²) in [5, 5.41) is 0. The molecule has 0 aliphatic heterocycles. The molecule has 3 heteroatoms. The van der Waals surface area contributed by atoms with Crippen molar-refractivity contribution >= 4 is 5.97 Å². The van der Waals surface area contributed by atoms with E-state index in [1.165, 1.54) is 18.8 Å². The van der Waals surface area contributed by atoms with Gasteiger partial charge in [-0.2, -0.15) is 0 Å². The van der Waals surface area contributed by atoms with Crippen LogP contribution >= 0.6 is 0 Å². The predicted octanol–water partition coefficient (Wildman–Crippen LogP) is 2.90. The average molecular weight is 298 g/mol. The van der Waals surface area contributed by atoms with Crippen LogP contribution in [0.3, 0.4) is 0 Å². The van der Waals surface area contributed by atoms with Crippen molar-refractivity contribution in [2.45, 2.75) is 32.3 Å². The van der Waals surface area contributed by atoms with Crippen molar-refractivity contribution in [3.05, 3.63) is 63.2 Å². The zero-order valence-electron chi connectivity index (χ0n) is 11.0. The van der Waals surface area contributed by atoms with Crippen LogP contribution in [0, 0.1) is 63.2 Å². The van der Waals surface area contributed by atoms with E-state index in [-0.39, 0.29) is 29.1 Å². The first-order valence-electron chi connectivity index (χ1n) is 6.36. The largest absolute Gasteiger partial charge is 2.00 e. The van der Waals surface area contributed by atoms with Crippen LogP contribution in [0.4, 0.5) is 0 Å². The fourth-order valence-corrected chi connectivity index (χ4v) is 2.29. The third-order valence-electron chi connectivity index (χ3n) is 3.07. The van der Waals surface area contributed by atoms with Gasteiger partial charge >= 0.3 is 23.0 Å². The standard InChI is InChI=1S/C11H13O2.C5H5.Fe/c1-8(12)13-11-7-3-5-9-4-2-6-10(9)11;1-2-4-5-3-1;/h2,4,6,11H,3,5,7H2,1H3;1-5H;/q;;+2. The molecule has 3 saturated carbocycles. The maximum absolute atomic E-state index is 10.8. The normalized spacial score (nSPS) is 26.9. The second-order valence-electron chi connectivity index (χ2n) is 4.46. The second kappa shape index (κ2) is 9.02. The third kappa shape index (κ3) is 5.47. The Kier molecular flexibility index (Phi) is 8.09. The number of carbonyl (C=O) groups excluding carboxylic acids is 1. The van der Waals surface area contributed by atoms with Crippen LogP contribution in [0.5, 0.6) is 0 Å². The Balaban J connectivity index is 0.000000256. The molecule has 0 amide bonds. The van der Waals surface area contributed by atoms with Crippen molar-refractivity contribution in [3.8, 4) is 0 Å². The number of rotatable bonds is 1. The number of fused-ring (bicyclic) bond motifs is 1. The minimum Gasteiger partial charge on any atom is -0.462 e. The Labute approximate surface area is 128 Å². The molecule has 1 unspecified atom stereocenters. The van der Waals surface area contributed by atoms with Crippen molar-refractivity contribution in [3.63, 3.8) is 0 Å². The van der Waals surface area contributed by atoms with Crippen molar-refractivity contribution in [1.29, 1.82) is 0 Å². The molecule has 1 atom stereocenters. The Hall–Kier alpha value is -0.0105. The fourth-order valence-electron chi connectivity index (χ4n) is 2.29. The van der Waals surface area contributed by atoms with E-state index in [0.717, 1.165) is 19.3 Å². The van der Waals surface area contributed by atoms with E-state index in [4.69, 9.17) is 4.74 Å². The van der Waals surface area contributed by atoms with Crippen LogP contribution in [-0.4, -0.2) is 12.1 Å². The molecule has 0 spiro atoms. The van der Waals surface area contributed by atoms with Gasteiger partial charge in [-0.1, -0.05) is 0 Å². The molecule has 0 N–H and O–H groups in total. The number of hydrogen-bond donors (Lipinski definition) is 0. The van der Waals surface area contributed by atoms with Gasteiger partial charge in [0.1, 0.15) is 6.10 Å². The predicted molar refractivity (Wildman–Crippen MR) is 70.3 cm³/mol. The number of carbonyl (C=O) groups is 1. The summed E-state index contributed by atoms with van der Waals surface area (Å²) in [4.78, 5) is 10.8. The van der Waals surface area contributed by atoms with Crippen molar-refractivity contribution in [2.24, 2.45) is 0 Å². The Bertz CT molecular complexity index is 256. The maximum atomic E-state index is 10.8. The molecule has 0 aromatic carbocycles. The Morgan fingerprint density at radius 3 is 2.32 bits per heavy atom.